The van der Waals surface area contributed by atoms with E-state index in [0.29, 0.717) is 5.69 Å². The zero-order valence-electron chi connectivity index (χ0n) is 12.5. The summed E-state index contributed by atoms with van der Waals surface area (Å²) in [5, 5.41) is 12.9. The van der Waals surface area contributed by atoms with Crippen LogP contribution in [0.25, 0.3) is 0 Å². The van der Waals surface area contributed by atoms with Crippen LogP contribution in [0, 0.1) is 0 Å². The average Bonchev–Trinajstić information content (AvgIpc) is 2.40. The largest absolute Gasteiger partial charge is 0.393 e. The Morgan fingerprint density at radius 1 is 1.14 bits per heavy atom. The number of rotatable bonds is 5. The van der Waals surface area contributed by atoms with Gasteiger partial charge in [0.05, 0.1) is 11.8 Å². The van der Waals surface area contributed by atoms with Gasteiger partial charge in [0, 0.05) is 12.1 Å². The molecule has 1 aromatic rings. The Hall–Kier alpha value is -1.11. The minimum Gasteiger partial charge on any atom is -0.393 e. The van der Waals surface area contributed by atoms with Crippen LogP contribution in [-0.4, -0.2) is 31.7 Å². The van der Waals surface area contributed by atoms with E-state index in [-0.39, 0.29) is 23.1 Å². The zero-order chi connectivity index (χ0) is 15.5. The van der Waals surface area contributed by atoms with Gasteiger partial charge in [0.1, 0.15) is 4.90 Å². The number of aliphatic hydroxyl groups is 1. The molecule has 1 fully saturated rings. The second-order valence-electron chi connectivity index (χ2n) is 5.92. The lowest BCUT2D eigenvalue weighted by Crippen LogP contribution is -2.32. The number of nitrogens with one attached hydrogen (secondary N) is 2. The molecule has 0 spiro atoms. The molecule has 3 N–H and O–H groups in total. The summed E-state index contributed by atoms with van der Waals surface area (Å²) in [5.74, 6) is 0. The van der Waals surface area contributed by atoms with E-state index in [9.17, 15) is 13.5 Å². The Balaban J connectivity index is 2.17. The van der Waals surface area contributed by atoms with Crippen LogP contribution in [0.5, 0.6) is 0 Å². The molecule has 1 aromatic carbocycles. The summed E-state index contributed by atoms with van der Waals surface area (Å²) < 4.78 is 27.3. The molecule has 0 bridgehead atoms. The molecule has 5 nitrogen and oxygen atoms in total. The monoisotopic (exact) mass is 312 g/mol. The van der Waals surface area contributed by atoms with Crippen LogP contribution >= 0.6 is 0 Å². The highest BCUT2D eigenvalue weighted by molar-refractivity contribution is 7.89. The lowest BCUT2D eigenvalue weighted by molar-refractivity contribution is 0.126. The molecular weight excluding hydrogens is 288 g/mol. The van der Waals surface area contributed by atoms with Crippen LogP contribution in [0.1, 0.15) is 39.5 Å². The van der Waals surface area contributed by atoms with E-state index in [1.54, 1.807) is 32.0 Å². The maximum atomic E-state index is 12.4. The smallest absolute Gasteiger partial charge is 0.242 e. The Kier molecular flexibility index (Phi) is 5.24. The number of hydrogen-bond acceptors (Lipinski definition) is 4. The summed E-state index contributed by atoms with van der Waals surface area (Å²) in [4.78, 5) is 0.282. The molecule has 1 saturated carbocycles. The van der Waals surface area contributed by atoms with Crippen molar-refractivity contribution in [3.05, 3.63) is 24.3 Å². The van der Waals surface area contributed by atoms with Crippen LogP contribution in [0.15, 0.2) is 29.2 Å². The van der Waals surface area contributed by atoms with Gasteiger partial charge in [-0.15, -0.1) is 0 Å². The van der Waals surface area contributed by atoms with Crippen molar-refractivity contribution >= 4 is 15.7 Å². The lowest BCUT2D eigenvalue weighted by atomic mass is 9.93. The highest BCUT2D eigenvalue weighted by atomic mass is 32.2. The van der Waals surface area contributed by atoms with Crippen molar-refractivity contribution < 1.29 is 13.5 Å². The van der Waals surface area contributed by atoms with Crippen LogP contribution < -0.4 is 10.0 Å². The van der Waals surface area contributed by atoms with Gasteiger partial charge in [0.25, 0.3) is 0 Å². The first-order chi connectivity index (χ1) is 9.88. The van der Waals surface area contributed by atoms with E-state index in [1.807, 2.05) is 6.07 Å². The number of sulfonamides is 1. The predicted molar refractivity (Wildman–Crippen MR) is 83.8 cm³/mol. The number of hydrogen-bond donors (Lipinski definition) is 3. The van der Waals surface area contributed by atoms with Crippen LogP contribution in [-0.2, 0) is 10.0 Å². The molecule has 0 radical (unpaired) electrons. The molecule has 0 heterocycles. The minimum atomic E-state index is -3.51. The van der Waals surface area contributed by atoms with Crippen molar-refractivity contribution in [3.63, 3.8) is 0 Å². The summed E-state index contributed by atoms with van der Waals surface area (Å²) in [7, 11) is -3.51. The predicted octanol–water partition coefficient (Wildman–Crippen LogP) is 2.09. The molecule has 0 aromatic heterocycles. The second kappa shape index (κ2) is 6.77. The first-order valence-electron chi connectivity index (χ1n) is 7.44. The maximum Gasteiger partial charge on any atom is 0.242 e. The quantitative estimate of drug-likeness (QED) is 0.778. The van der Waals surface area contributed by atoms with Gasteiger partial charge in [0.15, 0.2) is 0 Å². The molecule has 1 aliphatic rings. The fourth-order valence-electron chi connectivity index (χ4n) is 2.63. The van der Waals surface area contributed by atoms with E-state index in [4.69, 9.17) is 0 Å². The third-order valence-electron chi connectivity index (χ3n) is 3.62. The SMILES string of the molecule is CC(C)NS(=O)(=O)c1ccccc1NC1CCC(O)CC1. The molecule has 0 amide bonds. The first kappa shape index (κ1) is 16.3. The van der Waals surface area contributed by atoms with Gasteiger partial charge >= 0.3 is 0 Å². The fourth-order valence-corrected chi connectivity index (χ4v) is 4.06. The Labute approximate surface area is 126 Å². The van der Waals surface area contributed by atoms with Crippen molar-refractivity contribution in [2.75, 3.05) is 5.32 Å². The van der Waals surface area contributed by atoms with Gasteiger partial charge in [-0.25, -0.2) is 13.1 Å². The van der Waals surface area contributed by atoms with Crippen molar-refractivity contribution in [2.24, 2.45) is 0 Å². The van der Waals surface area contributed by atoms with E-state index in [1.165, 1.54) is 0 Å². The van der Waals surface area contributed by atoms with Gasteiger partial charge in [-0.3, -0.25) is 0 Å². The summed E-state index contributed by atoms with van der Waals surface area (Å²) in [6.07, 6.45) is 3.01. The molecule has 0 atom stereocenters. The molecule has 0 saturated heterocycles. The Morgan fingerprint density at radius 2 is 1.76 bits per heavy atom. The Bertz CT molecular complexity index is 564. The van der Waals surface area contributed by atoms with Gasteiger partial charge in [0.2, 0.25) is 10.0 Å². The molecule has 2 rings (SSSR count). The zero-order valence-corrected chi connectivity index (χ0v) is 13.4. The van der Waals surface area contributed by atoms with E-state index in [2.05, 4.69) is 10.0 Å². The summed E-state index contributed by atoms with van der Waals surface area (Å²) in [6.45, 7) is 3.60. The molecule has 0 aliphatic heterocycles. The summed E-state index contributed by atoms with van der Waals surface area (Å²) >= 11 is 0. The second-order valence-corrected chi connectivity index (χ2v) is 7.60. The number of anilines is 1. The number of aliphatic hydroxyl groups excluding tert-OH is 1. The van der Waals surface area contributed by atoms with Gasteiger partial charge in [-0.2, -0.15) is 0 Å². The van der Waals surface area contributed by atoms with E-state index in [0.717, 1.165) is 25.7 Å². The molecule has 6 heteroatoms. The van der Waals surface area contributed by atoms with Crippen molar-refractivity contribution in [1.82, 2.24) is 4.72 Å². The van der Waals surface area contributed by atoms with Crippen LogP contribution in [0.3, 0.4) is 0 Å². The van der Waals surface area contributed by atoms with Gasteiger partial charge in [-0.1, -0.05) is 12.1 Å². The van der Waals surface area contributed by atoms with E-state index < -0.39 is 10.0 Å². The van der Waals surface area contributed by atoms with E-state index >= 15 is 0 Å². The standard InChI is InChI=1S/C15H24N2O3S/c1-11(2)17-21(19,20)15-6-4-3-5-14(15)16-12-7-9-13(18)10-8-12/h3-6,11-13,16-18H,7-10H2,1-2H3. The average molecular weight is 312 g/mol. The highest BCUT2D eigenvalue weighted by Crippen LogP contribution is 2.26. The molecule has 118 valence electrons. The highest BCUT2D eigenvalue weighted by Gasteiger charge is 2.23. The van der Waals surface area contributed by atoms with Gasteiger partial charge in [-0.05, 0) is 51.7 Å². The van der Waals surface area contributed by atoms with Crippen molar-refractivity contribution in [2.45, 2.75) is 62.6 Å². The number of para-hydroxylation sites is 1. The van der Waals surface area contributed by atoms with Crippen molar-refractivity contribution in [3.8, 4) is 0 Å². The normalized spacial score (nSPS) is 23.2. The summed E-state index contributed by atoms with van der Waals surface area (Å²) in [5.41, 5.74) is 0.632. The number of benzene rings is 1. The Morgan fingerprint density at radius 3 is 2.38 bits per heavy atom. The fraction of sp³-hybridized carbons (Fsp3) is 0.600. The molecule has 0 unspecified atom stereocenters. The molecular formula is C15H24N2O3S. The van der Waals surface area contributed by atoms with Crippen molar-refractivity contribution in [1.29, 1.82) is 0 Å². The maximum absolute atomic E-state index is 12.4. The minimum absolute atomic E-state index is 0.145. The summed E-state index contributed by atoms with van der Waals surface area (Å²) in [6, 6.07) is 7.03. The molecule has 21 heavy (non-hydrogen) atoms. The first-order valence-corrected chi connectivity index (χ1v) is 8.93. The van der Waals surface area contributed by atoms with Crippen LogP contribution in [0.2, 0.25) is 0 Å². The molecule has 1 aliphatic carbocycles. The topological polar surface area (TPSA) is 78.4 Å². The third kappa shape index (κ3) is 4.43. The van der Waals surface area contributed by atoms with Gasteiger partial charge < -0.3 is 10.4 Å². The third-order valence-corrected chi connectivity index (χ3v) is 5.34. The lowest BCUT2D eigenvalue weighted by Gasteiger charge is -2.28. The van der Waals surface area contributed by atoms with Crippen LogP contribution in [0.4, 0.5) is 5.69 Å².